The second kappa shape index (κ2) is 10.6. The Bertz CT molecular complexity index is 2090. The van der Waals surface area contributed by atoms with Crippen LogP contribution in [0.2, 0.25) is 0 Å². The van der Waals surface area contributed by atoms with Crippen LogP contribution < -0.4 is 19.8 Å². The molecule has 0 bridgehead atoms. The van der Waals surface area contributed by atoms with Crippen molar-refractivity contribution in [1.82, 2.24) is 4.90 Å². The molecule has 0 N–H and O–H groups in total. The number of methoxy groups -OCH3 is 2. The minimum atomic E-state index is -1.82. The molecule has 0 fully saturated rings. The lowest BCUT2D eigenvalue weighted by Crippen LogP contribution is -2.53. The van der Waals surface area contributed by atoms with Crippen LogP contribution in [0.25, 0.3) is 11.0 Å². The van der Waals surface area contributed by atoms with Gasteiger partial charge in [-0.2, -0.15) is 0 Å². The molecular formula is C36H29FN2O6. The monoisotopic (exact) mass is 604 g/mol. The number of carbonyl (C=O) groups excluding carboxylic acids is 2. The Morgan fingerprint density at radius 1 is 0.867 bits per heavy atom. The number of hydrogen-bond acceptors (Lipinski definition) is 6. The fourth-order valence-corrected chi connectivity index (χ4v) is 6.64. The predicted octanol–water partition coefficient (Wildman–Crippen LogP) is 5.75. The highest BCUT2D eigenvalue weighted by molar-refractivity contribution is 6.17. The van der Waals surface area contributed by atoms with Gasteiger partial charge in [0.1, 0.15) is 11.4 Å². The van der Waals surface area contributed by atoms with Gasteiger partial charge >= 0.3 is 0 Å². The van der Waals surface area contributed by atoms with E-state index in [4.69, 9.17) is 13.9 Å². The van der Waals surface area contributed by atoms with Crippen LogP contribution in [-0.2, 0) is 23.3 Å². The van der Waals surface area contributed by atoms with E-state index in [1.54, 1.807) is 80.9 Å². The molecule has 8 nitrogen and oxygen atoms in total. The molecule has 1 spiro atoms. The van der Waals surface area contributed by atoms with E-state index in [0.717, 1.165) is 11.1 Å². The summed E-state index contributed by atoms with van der Waals surface area (Å²) in [7, 11) is 3.09. The van der Waals surface area contributed by atoms with Crippen LogP contribution in [0.4, 0.5) is 10.1 Å². The highest BCUT2D eigenvalue weighted by atomic mass is 19.1. The molecule has 9 heteroatoms. The van der Waals surface area contributed by atoms with Crippen molar-refractivity contribution in [2.45, 2.75) is 25.4 Å². The molecule has 4 aromatic carbocycles. The van der Waals surface area contributed by atoms with Crippen molar-refractivity contribution in [2.24, 2.45) is 0 Å². The zero-order valence-electron chi connectivity index (χ0n) is 24.9. The molecule has 1 atom stereocenters. The molecule has 226 valence electrons. The quantitative estimate of drug-likeness (QED) is 0.235. The van der Waals surface area contributed by atoms with Crippen LogP contribution in [0, 0.1) is 12.7 Å². The number of nitrogens with zero attached hydrogens (tertiary/aromatic N) is 2. The lowest BCUT2D eigenvalue weighted by atomic mass is 9.83. The van der Waals surface area contributed by atoms with Crippen LogP contribution in [0.5, 0.6) is 11.5 Å². The third kappa shape index (κ3) is 4.14. The summed E-state index contributed by atoms with van der Waals surface area (Å²) in [4.78, 5) is 46.6. The zero-order valence-corrected chi connectivity index (χ0v) is 24.9. The van der Waals surface area contributed by atoms with E-state index in [0.29, 0.717) is 34.7 Å². The minimum Gasteiger partial charge on any atom is -0.493 e. The highest BCUT2D eigenvalue weighted by Gasteiger charge is 2.64. The van der Waals surface area contributed by atoms with Gasteiger partial charge in [-0.3, -0.25) is 14.4 Å². The van der Waals surface area contributed by atoms with Crippen LogP contribution in [0.15, 0.2) is 94.1 Å². The van der Waals surface area contributed by atoms with Gasteiger partial charge in [-0.25, -0.2) is 4.39 Å². The number of rotatable bonds is 7. The van der Waals surface area contributed by atoms with Gasteiger partial charge in [-0.05, 0) is 55.3 Å². The molecule has 0 saturated heterocycles. The molecule has 0 aliphatic carbocycles. The first-order valence-electron chi connectivity index (χ1n) is 14.5. The van der Waals surface area contributed by atoms with Gasteiger partial charge in [0, 0.05) is 17.7 Å². The van der Waals surface area contributed by atoms with E-state index in [-0.39, 0.29) is 35.4 Å². The Morgan fingerprint density at radius 3 is 2.40 bits per heavy atom. The van der Waals surface area contributed by atoms with E-state index in [9.17, 15) is 18.8 Å². The normalized spacial score (nSPS) is 16.9. The molecule has 0 radical (unpaired) electrons. The van der Waals surface area contributed by atoms with Crippen molar-refractivity contribution in [3.63, 3.8) is 0 Å². The molecule has 2 aliphatic rings. The number of para-hydroxylation sites is 1. The number of anilines is 1. The Morgan fingerprint density at radius 2 is 1.62 bits per heavy atom. The van der Waals surface area contributed by atoms with Gasteiger partial charge in [0.05, 0.1) is 37.4 Å². The number of amides is 2. The third-order valence-electron chi connectivity index (χ3n) is 8.75. The number of halogens is 1. The van der Waals surface area contributed by atoms with Gasteiger partial charge in [0.25, 0.3) is 11.8 Å². The van der Waals surface area contributed by atoms with Gasteiger partial charge in [0.2, 0.25) is 5.76 Å². The van der Waals surface area contributed by atoms with E-state index >= 15 is 0 Å². The Balaban J connectivity index is 1.43. The summed E-state index contributed by atoms with van der Waals surface area (Å²) in [6, 6.07) is 23.9. The summed E-state index contributed by atoms with van der Waals surface area (Å²) in [5, 5.41) is 0.278. The van der Waals surface area contributed by atoms with Crippen molar-refractivity contribution in [2.75, 3.05) is 25.7 Å². The fourth-order valence-electron chi connectivity index (χ4n) is 6.64. The maximum atomic E-state index is 15.0. The fraction of sp³-hybridized carbons (Fsp3) is 0.194. The molecule has 7 rings (SSSR count). The van der Waals surface area contributed by atoms with Crippen molar-refractivity contribution >= 4 is 28.5 Å². The number of fused-ring (bicyclic) bond motifs is 5. The summed E-state index contributed by atoms with van der Waals surface area (Å²) in [5.74, 6) is -0.635. The molecule has 0 saturated carbocycles. The first-order chi connectivity index (χ1) is 21.8. The number of carbonyl (C=O) groups is 2. The molecule has 0 unspecified atom stereocenters. The largest absolute Gasteiger partial charge is 0.493 e. The number of aryl methyl sites for hydroxylation is 1. The van der Waals surface area contributed by atoms with Gasteiger partial charge in [-0.15, -0.1) is 0 Å². The number of benzene rings is 4. The van der Waals surface area contributed by atoms with Crippen molar-refractivity contribution < 1.29 is 27.9 Å². The SMILES string of the molecule is COc1ccc(CCN2C(=O)c3oc4ccc(C)cc4c(=O)c3[C@]23C(=O)N(Cc2ccccc2F)c2ccccc23)cc1OC. The van der Waals surface area contributed by atoms with Gasteiger partial charge in [0.15, 0.2) is 22.5 Å². The summed E-state index contributed by atoms with van der Waals surface area (Å²) in [6.07, 6.45) is 0.331. The summed E-state index contributed by atoms with van der Waals surface area (Å²) in [6.45, 7) is 1.84. The Hall–Kier alpha value is -5.44. The lowest BCUT2D eigenvalue weighted by molar-refractivity contribution is -0.126. The average Bonchev–Trinajstić information content (AvgIpc) is 3.44. The minimum absolute atomic E-state index is 0.0219. The standard InChI is InChI=1S/C36H29FN2O6/c1-21-12-14-28-24(18-21)32(40)31-33(45-28)34(41)39(17-16-22-13-15-29(43-2)30(19-22)44-3)36(31)25-9-5-7-11-27(25)38(35(36)42)20-23-8-4-6-10-26(23)37/h4-15,18-19H,16-17,20H2,1-3H3/t36-/m1/s1. The van der Waals surface area contributed by atoms with Crippen molar-refractivity contribution in [3.8, 4) is 11.5 Å². The van der Waals surface area contributed by atoms with Gasteiger partial charge < -0.3 is 23.7 Å². The number of hydrogen-bond donors (Lipinski definition) is 0. The summed E-state index contributed by atoms with van der Waals surface area (Å²) < 4.78 is 31.9. The molecular weight excluding hydrogens is 575 g/mol. The van der Waals surface area contributed by atoms with Crippen LogP contribution in [0.1, 0.15) is 38.4 Å². The molecule has 2 amide bonds. The lowest BCUT2D eigenvalue weighted by Gasteiger charge is -2.34. The number of ether oxygens (including phenoxy) is 2. The maximum absolute atomic E-state index is 15.0. The summed E-state index contributed by atoms with van der Waals surface area (Å²) >= 11 is 0. The first-order valence-corrected chi connectivity index (χ1v) is 14.5. The topological polar surface area (TPSA) is 89.3 Å². The molecule has 3 heterocycles. The predicted molar refractivity (Wildman–Crippen MR) is 166 cm³/mol. The summed E-state index contributed by atoms with van der Waals surface area (Å²) in [5.41, 5.74) is 0.891. The van der Waals surface area contributed by atoms with Crippen LogP contribution >= 0.6 is 0 Å². The van der Waals surface area contributed by atoms with E-state index in [2.05, 4.69) is 0 Å². The Labute approximate surface area is 258 Å². The molecule has 45 heavy (non-hydrogen) atoms. The van der Waals surface area contributed by atoms with E-state index < -0.39 is 28.6 Å². The maximum Gasteiger partial charge on any atom is 0.291 e. The Kier molecular flexibility index (Phi) is 6.69. The highest BCUT2D eigenvalue weighted by Crippen LogP contribution is 2.53. The molecule has 5 aromatic rings. The van der Waals surface area contributed by atoms with Gasteiger partial charge in [-0.1, -0.05) is 54.1 Å². The zero-order chi connectivity index (χ0) is 31.5. The second-order valence-corrected chi connectivity index (χ2v) is 11.2. The first kappa shape index (κ1) is 28.3. The second-order valence-electron chi connectivity index (χ2n) is 11.2. The third-order valence-corrected chi connectivity index (χ3v) is 8.75. The smallest absolute Gasteiger partial charge is 0.291 e. The van der Waals surface area contributed by atoms with E-state index in [1.165, 1.54) is 15.9 Å². The van der Waals surface area contributed by atoms with E-state index in [1.807, 2.05) is 19.1 Å². The average molecular weight is 605 g/mol. The van der Waals surface area contributed by atoms with Crippen LogP contribution in [-0.4, -0.2) is 37.5 Å². The molecule has 1 aromatic heterocycles. The van der Waals surface area contributed by atoms with Crippen molar-refractivity contribution in [1.29, 1.82) is 0 Å². The van der Waals surface area contributed by atoms with Crippen molar-refractivity contribution in [3.05, 3.63) is 135 Å². The molecule has 2 aliphatic heterocycles. The van der Waals surface area contributed by atoms with Crippen LogP contribution in [0.3, 0.4) is 0 Å².